The molecule has 2 saturated carbocycles. The van der Waals surface area contributed by atoms with Crippen LogP contribution in [-0.4, -0.2) is 46.7 Å². The molecule has 0 spiro atoms. The number of nitrogens with zero attached hydrogens (tertiary/aromatic N) is 1. The molecule has 20 heavy (non-hydrogen) atoms. The van der Waals surface area contributed by atoms with Crippen LogP contribution in [0.3, 0.4) is 0 Å². The van der Waals surface area contributed by atoms with Crippen molar-refractivity contribution in [2.75, 3.05) is 13.1 Å². The number of carbonyl (C=O) groups is 1. The molecule has 116 valence electrons. The van der Waals surface area contributed by atoms with E-state index in [1.54, 1.807) is 0 Å². The maximum atomic E-state index is 11.6. The maximum Gasteiger partial charge on any atom is 0.323 e. The minimum absolute atomic E-state index is 0.341. The molecule has 2 rings (SSSR count). The summed E-state index contributed by atoms with van der Waals surface area (Å²) in [6.07, 6.45) is 6.96. The Balaban J connectivity index is 1.94. The quantitative estimate of drug-likeness (QED) is 0.646. The van der Waals surface area contributed by atoms with Gasteiger partial charge in [-0.05, 0) is 64.8 Å². The van der Waals surface area contributed by atoms with E-state index in [4.69, 9.17) is 0 Å². The van der Waals surface area contributed by atoms with E-state index < -0.39 is 11.5 Å². The number of carboxylic acids is 1. The Bertz CT molecular complexity index is 339. The van der Waals surface area contributed by atoms with E-state index in [9.17, 15) is 9.90 Å². The maximum absolute atomic E-state index is 11.6. The van der Waals surface area contributed by atoms with Gasteiger partial charge in [0.15, 0.2) is 0 Å². The van der Waals surface area contributed by atoms with Crippen LogP contribution < -0.4 is 5.32 Å². The average molecular weight is 282 g/mol. The second-order valence-corrected chi connectivity index (χ2v) is 6.99. The van der Waals surface area contributed by atoms with Gasteiger partial charge in [-0.1, -0.05) is 6.92 Å². The number of hydrogen-bond acceptors (Lipinski definition) is 3. The Hall–Kier alpha value is -0.610. The zero-order valence-electron chi connectivity index (χ0n) is 13.2. The average Bonchev–Trinajstić information content (AvgIpc) is 3.26. The number of rotatable bonds is 10. The molecule has 4 heteroatoms. The molecule has 0 aromatic rings. The van der Waals surface area contributed by atoms with Crippen LogP contribution in [0.4, 0.5) is 0 Å². The van der Waals surface area contributed by atoms with E-state index in [1.807, 2.05) is 6.92 Å². The van der Waals surface area contributed by atoms with Crippen LogP contribution in [0.15, 0.2) is 0 Å². The second-order valence-electron chi connectivity index (χ2n) is 6.99. The molecule has 0 bridgehead atoms. The Labute approximate surface area is 122 Å². The highest BCUT2D eigenvalue weighted by molar-refractivity contribution is 5.78. The summed E-state index contributed by atoms with van der Waals surface area (Å²) in [5, 5.41) is 12.8. The molecule has 0 heterocycles. The van der Waals surface area contributed by atoms with Crippen LogP contribution in [0.25, 0.3) is 0 Å². The van der Waals surface area contributed by atoms with Gasteiger partial charge >= 0.3 is 5.97 Å². The third-order valence-electron chi connectivity index (χ3n) is 4.69. The highest BCUT2D eigenvalue weighted by Gasteiger charge is 2.40. The van der Waals surface area contributed by atoms with E-state index in [2.05, 4.69) is 24.1 Å². The van der Waals surface area contributed by atoms with E-state index in [0.717, 1.165) is 24.9 Å². The van der Waals surface area contributed by atoms with Crippen LogP contribution in [0.2, 0.25) is 0 Å². The number of hydrogen-bond donors (Lipinski definition) is 2. The summed E-state index contributed by atoms with van der Waals surface area (Å²) >= 11 is 0. The molecule has 4 nitrogen and oxygen atoms in total. The minimum atomic E-state index is -0.799. The van der Waals surface area contributed by atoms with Gasteiger partial charge in [0.1, 0.15) is 5.54 Å². The summed E-state index contributed by atoms with van der Waals surface area (Å²) in [6, 6.07) is 1.06. The molecule has 0 aromatic carbocycles. The van der Waals surface area contributed by atoms with Crippen molar-refractivity contribution in [3.8, 4) is 0 Å². The van der Waals surface area contributed by atoms with E-state index in [0.29, 0.717) is 12.5 Å². The Morgan fingerprint density at radius 1 is 1.40 bits per heavy atom. The van der Waals surface area contributed by atoms with Crippen LogP contribution in [-0.2, 0) is 4.79 Å². The molecule has 2 N–H and O–H groups in total. The topological polar surface area (TPSA) is 52.6 Å². The zero-order chi connectivity index (χ0) is 14.8. The van der Waals surface area contributed by atoms with Crippen molar-refractivity contribution in [2.24, 2.45) is 5.92 Å². The van der Waals surface area contributed by atoms with Crippen LogP contribution in [0.1, 0.15) is 59.3 Å². The highest BCUT2D eigenvalue weighted by atomic mass is 16.4. The molecule has 2 aliphatic carbocycles. The molecule has 0 radical (unpaired) electrons. The van der Waals surface area contributed by atoms with Gasteiger partial charge in [0.05, 0.1) is 0 Å². The fraction of sp³-hybridized carbons (Fsp3) is 0.938. The summed E-state index contributed by atoms with van der Waals surface area (Å²) in [5.74, 6) is 0.151. The molecular weight excluding hydrogens is 252 g/mol. The van der Waals surface area contributed by atoms with Gasteiger partial charge in [0.2, 0.25) is 0 Å². The normalized spacial score (nSPS) is 23.6. The summed E-state index contributed by atoms with van der Waals surface area (Å²) in [4.78, 5) is 14.2. The monoisotopic (exact) mass is 282 g/mol. The lowest BCUT2D eigenvalue weighted by Gasteiger charge is -2.35. The Morgan fingerprint density at radius 3 is 2.50 bits per heavy atom. The largest absolute Gasteiger partial charge is 0.480 e. The van der Waals surface area contributed by atoms with Crippen molar-refractivity contribution in [3.05, 3.63) is 0 Å². The van der Waals surface area contributed by atoms with Gasteiger partial charge in [0, 0.05) is 18.6 Å². The van der Waals surface area contributed by atoms with E-state index in [-0.39, 0.29) is 0 Å². The summed E-state index contributed by atoms with van der Waals surface area (Å²) < 4.78 is 0. The predicted molar refractivity (Wildman–Crippen MR) is 80.9 cm³/mol. The van der Waals surface area contributed by atoms with E-state index >= 15 is 0 Å². The van der Waals surface area contributed by atoms with Gasteiger partial charge in [-0.2, -0.15) is 0 Å². The third kappa shape index (κ3) is 4.19. The fourth-order valence-electron chi connectivity index (χ4n) is 3.04. The van der Waals surface area contributed by atoms with E-state index in [1.165, 1.54) is 32.2 Å². The standard InChI is InChI=1S/C16H30N2O2/c1-4-9-17-16(3,15(19)20)10-12(2)18(14-7-8-14)11-13-5-6-13/h12-14,17H,4-11H2,1-3H3,(H,19,20). The minimum Gasteiger partial charge on any atom is -0.480 e. The molecular formula is C16H30N2O2. The Kier molecular flexibility index (Phi) is 5.08. The van der Waals surface area contributed by atoms with Gasteiger partial charge in [-0.3, -0.25) is 9.69 Å². The van der Waals surface area contributed by atoms with Crippen LogP contribution >= 0.6 is 0 Å². The van der Waals surface area contributed by atoms with Gasteiger partial charge in [-0.15, -0.1) is 0 Å². The smallest absolute Gasteiger partial charge is 0.323 e. The lowest BCUT2D eigenvalue weighted by Crippen LogP contribution is -2.54. The van der Waals surface area contributed by atoms with Crippen molar-refractivity contribution in [1.29, 1.82) is 0 Å². The fourth-order valence-corrected chi connectivity index (χ4v) is 3.04. The number of carboxylic acid groups (broad SMARTS) is 1. The van der Waals surface area contributed by atoms with Crippen molar-refractivity contribution in [3.63, 3.8) is 0 Å². The van der Waals surface area contributed by atoms with Crippen molar-refractivity contribution in [2.45, 2.75) is 76.9 Å². The van der Waals surface area contributed by atoms with Crippen LogP contribution in [0, 0.1) is 5.92 Å². The first-order valence-corrected chi connectivity index (χ1v) is 8.20. The van der Waals surface area contributed by atoms with Crippen molar-refractivity contribution < 1.29 is 9.90 Å². The first-order valence-electron chi connectivity index (χ1n) is 8.20. The zero-order valence-corrected chi connectivity index (χ0v) is 13.2. The Morgan fingerprint density at radius 2 is 2.05 bits per heavy atom. The molecule has 2 atom stereocenters. The van der Waals surface area contributed by atoms with Gasteiger partial charge in [-0.25, -0.2) is 0 Å². The third-order valence-corrected chi connectivity index (χ3v) is 4.69. The lowest BCUT2D eigenvalue weighted by atomic mass is 9.92. The number of nitrogens with one attached hydrogen (secondary N) is 1. The van der Waals surface area contributed by atoms with Crippen molar-refractivity contribution >= 4 is 5.97 Å². The van der Waals surface area contributed by atoms with Crippen LogP contribution in [0.5, 0.6) is 0 Å². The summed E-state index contributed by atoms with van der Waals surface area (Å²) in [7, 11) is 0. The molecule has 0 saturated heterocycles. The lowest BCUT2D eigenvalue weighted by molar-refractivity contribution is -0.145. The molecule has 2 fully saturated rings. The van der Waals surface area contributed by atoms with Gasteiger partial charge in [0.25, 0.3) is 0 Å². The molecule has 0 aromatic heterocycles. The number of aliphatic carboxylic acids is 1. The predicted octanol–water partition coefficient (Wildman–Crippen LogP) is 2.48. The molecule has 0 aliphatic heterocycles. The first kappa shape index (κ1) is 15.8. The molecule has 0 amide bonds. The molecule has 2 unspecified atom stereocenters. The summed E-state index contributed by atoms with van der Waals surface area (Å²) in [6.45, 7) is 8.05. The first-order chi connectivity index (χ1) is 9.46. The molecule has 2 aliphatic rings. The van der Waals surface area contributed by atoms with Crippen molar-refractivity contribution in [1.82, 2.24) is 10.2 Å². The summed E-state index contributed by atoms with van der Waals surface area (Å²) in [5.41, 5.74) is -0.799. The highest BCUT2D eigenvalue weighted by Crippen LogP contribution is 2.37. The van der Waals surface area contributed by atoms with Gasteiger partial charge < -0.3 is 10.4 Å². The second kappa shape index (κ2) is 6.44. The SMILES string of the molecule is CCCNC(C)(CC(C)N(CC1CC1)C1CC1)C(=O)O.